The number of benzene rings is 2. The molecular formula is C16H14ClN3. The van der Waals surface area contributed by atoms with E-state index in [-0.39, 0.29) is 0 Å². The summed E-state index contributed by atoms with van der Waals surface area (Å²) in [4.78, 5) is 0. The van der Waals surface area contributed by atoms with Gasteiger partial charge in [-0.05, 0) is 17.2 Å². The van der Waals surface area contributed by atoms with Gasteiger partial charge in [0, 0.05) is 17.8 Å². The molecule has 20 heavy (non-hydrogen) atoms. The van der Waals surface area contributed by atoms with Crippen molar-refractivity contribution in [1.29, 1.82) is 0 Å². The maximum absolute atomic E-state index is 5.86. The van der Waals surface area contributed by atoms with Gasteiger partial charge in [0.25, 0.3) is 0 Å². The molecule has 0 saturated heterocycles. The SMILES string of the molecule is ClCc1cccc(CNc2cnnc3ccccc23)c1. The first-order chi connectivity index (χ1) is 9.86. The van der Waals surface area contributed by atoms with Gasteiger partial charge in [0.1, 0.15) is 0 Å². The molecule has 2 aromatic carbocycles. The topological polar surface area (TPSA) is 37.8 Å². The number of nitrogens with one attached hydrogen (secondary N) is 1. The molecule has 0 unspecified atom stereocenters. The van der Waals surface area contributed by atoms with E-state index in [1.807, 2.05) is 36.4 Å². The first-order valence-electron chi connectivity index (χ1n) is 6.45. The molecule has 4 heteroatoms. The predicted molar refractivity (Wildman–Crippen MR) is 82.9 cm³/mol. The van der Waals surface area contributed by atoms with E-state index in [4.69, 9.17) is 11.6 Å². The van der Waals surface area contributed by atoms with Crippen LogP contribution in [0.25, 0.3) is 10.9 Å². The molecule has 1 heterocycles. The molecule has 0 amide bonds. The molecular weight excluding hydrogens is 270 g/mol. The Bertz CT molecular complexity index is 722. The second kappa shape index (κ2) is 5.88. The molecule has 0 aliphatic heterocycles. The summed E-state index contributed by atoms with van der Waals surface area (Å²) in [5, 5.41) is 12.6. The van der Waals surface area contributed by atoms with Crippen LogP contribution in [-0.2, 0) is 12.4 Å². The zero-order valence-electron chi connectivity index (χ0n) is 10.9. The molecule has 3 rings (SSSR count). The Morgan fingerprint density at radius 2 is 1.85 bits per heavy atom. The fourth-order valence-electron chi connectivity index (χ4n) is 2.17. The maximum Gasteiger partial charge on any atom is 0.0950 e. The normalized spacial score (nSPS) is 10.7. The predicted octanol–water partition coefficient (Wildman–Crippen LogP) is 3.98. The number of alkyl halides is 1. The largest absolute Gasteiger partial charge is 0.379 e. The van der Waals surface area contributed by atoms with Crippen LogP contribution in [0.3, 0.4) is 0 Å². The number of aromatic nitrogens is 2. The average molecular weight is 284 g/mol. The van der Waals surface area contributed by atoms with Crippen molar-refractivity contribution < 1.29 is 0 Å². The van der Waals surface area contributed by atoms with Gasteiger partial charge in [-0.1, -0.05) is 42.5 Å². The summed E-state index contributed by atoms with van der Waals surface area (Å²) in [5.41, 5.74) is 4.21. The van der Waals surface area contributed by atoms with Crippen molar-refractivity contribution in [3.05, 3.63) is 65.9 Å². The van der Waals surface area contributed by atoms with Crippen molar-refractivity contribution in [3.8, 4) is 0 Å². The average Bonchev–Trinajstić information content (AvgIpc) is 2.53. The number of hydrogen-bond acceptors (Lipinski definition) is 3. The van der Waals surface area contributed by atoms with E-state index in [1.54, 1.807) is 6.20 Å². The van der Waals surface area contributed by atoms with E-state index in [0.29, 0.717) is 5.88 Å². The van der Waals surface area contributed by atoms with E-state index in [0.717, 1.165) is 28.7 Å². The molecule has 0 atom stereocenters. The third kappa shape index (κ3) is 2.73. The van der Waals surface area contributed by atoms with Crippen molar-refractivity contribution in [2.75, 3.05) is 5.32 Å². The Morgan fingerprint density at radius 3 is 2.75 bits per heavy atom. The minimum absolute atomic E-state index is 0.535. The summed E-state index contributed by atoms with van der Waals surface area (Å²) in [6, 6.07) is 16.2. The zero-order valence-corrected chi connectivity index (χ0v) is 11.6. The van der Waals surface area contributed by atoms with Gasteiger partial charge in [-0.3, -0.25) is 0 Å². The van der Waals surface area contributed by atoms with Crippen molar-refractivity contribution in [1.82, 2.24) is 10.2 Å². The lowest BCUT2D eigenvalue weighted by Crippen LogP contribution is -2.01. The van der Waals surface area contributed by atoms with Crippen LogP contribution in [0.15, 0.2) is 54.7 Å². The Hall–Kier alpha value is -2.13. The van der Waals surface area contributed by atoms with Crippen LogP contribution in [0, 0.1) is 0 Å². The number of rotatable bonds is 4. The van der Waals surface area contributed by atoms with Gasteiger partial charge in [0.2, 0.25) is 0 Å². The second-order valence-corrected chi connectivity index (χ2v) is 4.85. The Morgan fingerprint density at radius 1 is 1.00 bits per heavy atom. The lowest BCUT2D eigenvalue weighted by molar-refractivity contribution is 1.06. The van der Waals surface area contributed by atoms with Crippen LogP contribution in [0.1, 0.15) is 11.1 Å². The highest BCUT2D eigenvalue weighted by Gasteiger charge is 2.02. The molecule has 0 aliphatic rings. The van der Waals surface area contributed by atoms with Crippen molar-refractivity contribution in [2.24, 2.45) is 0 Å². The van der Waals surface area contributed by atoms with E-state index >= 15 is 0 Å². The molecule has 100 valence electrons. The van der Waals surface area contributed by atoms with Gasteiger partial charge >= 0.3 is 0 Å². The van der Waals surface area contributed by atoms with Crippen LogP contribution < -0.4 is 5.32 Å². The fraction of sp³-hybridized carbons (Fsp3) is 0.125. The van der Waals surface area contributed by atoms with E-state index < -0.39 is 0 Å². The van der Waals surface area contributed by atoms with Gasteiger partial charge in [-0.25, -0.2) is 0 Å². The number of hydrogen-bond donors (Lipinski definition) is 1. The molecule has 1 aromatic heterocycles. The Kier molecular flexibility index (Phi) is 3.79. The molecule has 0 spiro atoms. The summed E-state index contributed by atoms with van der Waals surface area (Å²) < 4.78 is 0. The van der Waals surface area contributed by atoms with E-state index in [9.17, 15) is 0 Å². The number of anilines is 1. The zero-order chi connectivity index (χ0) is 13.8. The van der Waals surface area contributed by atoms with Crippen LogP contribution in [0.4, 0.5) is 5.69 Å². The van der Waals surface area contributed by atoms with Gasteiger partial charge < -0.3 is 5.32 Å². The second-order valence-electron chi connectivity index (χ2n) is 4.58. The molecule has 0 bridgehead atoms. The minimum Gasteiger partial charge on any atom is -0.379 e. The van der Waals surface area contributed by atoms with E-state index in [2.05, 4.69) is 27.6 Å². The first kappa shape index (κ1) is 12.9. The van der Waals surface area contributed by atoms with Crippen LogP contribution in [0.2, 0.25) is 0 Å². The van der Waals surface area contributed by atoms with Crippen molar-refractivity contribution in [3.63, 3.8) is 0 Å². The summed E-state index contributed by atoms with van der Waals surface area (Å²) in [5.74, 6) is 0.535. The number of fused-ring (bicyclic) bond motifs is 1. The van der Waals surface area contributed by atoms with Crippen LogP contribution in [0.5, 0.6) is 0 Å². The molecule has 0 saturated carbocycles. The minimum atomic E-state index is 0.535. The smallest absolute Gasteiger partial charge is 0.0950 e. The third-order valence-electron chi connectivity index (χ3n) is 3.18. The molecule has 3 nitrogen and oxygen atoms in total. The molecule has 1 N–H and O–H groups in total. The summed E-state index contributed by atoms with van der Waals surface area (Å²) >= 11 is 5.86. The lowest BCUT2D eigenvalue weighted by Gasteiger charge is -2.09. The van der Waals surface area contributed by atoms with Crippen LogP contribution >= 0.6 is 11.6 Å². The molecule has 0 fully saturated rings. The highest BCUT2D eigenvalue weighted by atomic mass is 35.5. The van der Waals surface area contributed by atoms with Gasteiger partial charge in [0.15, 0.2) is 0 Å². The quantitative estimate of drug-likeness (QED) is 0.736. The summed E-state index contributed by atoms with van der Waals surface area (Å²) in [6.07, 6.45) is 1.76. The number of nitrogens with zero attached hydrogens (tertiary/aromatic N) is 2. The summed E-state index contributed by atoms with van der Waals surface area (Å²) in [6.45, 7) is 0.737. The maximum atomic E-state index is 5.86. The lowest BCUT2D eigenvalue weighted by atomic mass is 10.1. The molecule has 0 aliphatic carbocycles. The standard InChI is InChI=1S/C16H14ClN3/c17-9-12-4-3-5-13(8-12)10-18-16-11-19-20-15-7-2-1-6-14(15)16/h1-8,11H,9-10H2,(H,18,20). The Balaban J connectivity index is 1.83. The first-order valence-corrected chi connectivity index (χ1v) is 6.98. The highest BCUT2D eigenvalue weighted by Crippen LogP contribution is 2.20. The third-order valence-corrected chi connectivity index (χ3v) is 3.48. The highest BCUT2D eigenvalue weighted by molar-refractivity contribution is 6.17. The number of halogens is 1. The van der Waals surface area contributed by atoms with Gasteiger partial charge in [0.05, 0.1) is 17.4 Å². The van der Waals surface area contributed by atoms with Crippen molar-refractivity contribution in [2.45, 2.75) is 12.4 Å². The fourth-order valence-corrected chi connectivity index (χ4v) is 2.33. The summed E-state index contributed by atoms with van der Waals surface area (Å²) in [7, 11) is 0. The molecule has 0 radical (unpaired) electrons. The van der Waals surface area contributed by atoms with Gasteiger partial charge in [-0.15, -0.1) is 11.6 Å². The molecule has 3 aromatic rings. The van der Waals surface area contributed by atoms with Gasteiger partial charge in [-0.2, -0.15) is 10.2 Å². The van der Waals surface area contributed by atoms with Crippen LogP contribution in [-0.4, -0.2) is 10.2 Å². The van der Waals surface area contributed by atoms with Crippen molar-refractivity contribution >= 4 is 28.2 Å². The monoisotopic (exact) mass is 283 g/mol. The van der Waals surface area contributed by atoms with E-state index in [1.165, 1.54) is 5.56 Å². The Labute approximate surface area is 122 Å².